The highest BCUT2D eigenvalue weighted by molar-refractivity contribution is 5.90. The molecule has 1 aromatic rings. The van der Waals surface area contributed by atoms with Crippen molar-refractivity contribution in [3.63, 3.8) is 0 Å². The summed E-state index contributed by atoms with van der Waals surface area (Å²) < 4.78 is 5.27. The van der Waals surface area contributed by atoms with Gasteiger partial charge in [-0.1, -0.05) is 12.8 Å². The van der Waals surface area contributed by atoms with Crippen molar-refractivity contribution in [2.24, 2.45) is 0 Å². The van der Waals surface area contributed by atoms with E-state index in [0.29, 0.717) is 12.6 Å². The molecule has 0 N–H and O–H groups in total. The monoisotopic (exact) mass is 275 g/mol. The molecular formula is C15H21N3O2. The van der Waals surface area contributed by atoms with Gasteiger partial charge in [0.05, 0.1) is 12.3 Å². The molecule has 1 saturated carbocycles. The van der Waals surface area contributed by atoms with E-state index in [-0.39, 0.29) is 12.1 Å². The Morgan fingerprint density at radius 1 is 1.45 bits per heavy atom. The summed E-state index contributed by atoms with van der Waals surface area (Å²) in [5.74, 6) is 0.736. The van der Waals surface area contributed by atoms with Crippen LogP contribution in [-0.4, -0.2) is 36.8 Å². The van der Waals surface area contributed by atoms with Gasteiger partial charge in [0.25, 0.3) is 0 Å². The van der Waals surface area contributed by atoms with Gasteiger partial charge in [0, 0.05) is 19.3 Å². The first-order valence-electron chi connectivity index (χ1n) is 7.37. The van der Waals surface area contributed by atoms with E-state index in [2.05, 4.69) is 9.88 Å². The van der Waals surface area contributed by atoms with E-state index in [9.17, 15) is 4.79 Å². The molecule has 0 bridgehead atoms. The summed E-state index contributed by atoms with van der Waals surface area (Å²) in [5, 5.41) is 0. The van der Waals surface area contributed by atoms with Crippen molar-refractivity contribution in [2.45, 2.75) is 44.8 Å². The molecule has 1 aliphatic carbocycles. The second-order valence-corrected chi connectivity index (χ2v) is 5.43. The molecule has 1 atom stereocenters. The molecule has 0 radical (unpaired) electrons. The maximum Gasteiger partial charge on any atom is 0.350 e. The molecule has 20 heavy (non-hydrogen) atoms. The summed E-state index contributed by atoms with van der Waals surface area (Å²) in [5.41, 5.74) is 1.01. The Morgan fingerprint density at radius 3 is 2.90 bits per heavy atom. The number of carbonyl (C=O) groups is 1. The van der Waals surface area contributed by atoms with E-state index >= 15 is 0 Å². The predicted molar refractivity (Wildman–Crippen MR) is 77.8 cm³/mol. The van der Waals surface area contributed by atoms with Crippen molar-refractivity contribution in [3.8, 4) is 0 Å². The quantitative estimate of drug-likeness (QED) is 0.791. The van der Waals surface area contributed by atoms with Gasteiger partial charge in [0.1, 0.15) is 0 Å². The van der Waals surface area contributed by atoms with Crippen LogP contribution in [-0.2, 0) is 9.53 Å². The number of hydrogen-bond donors (Lipinski definition) is 0. The van der Waals surface area contributed by atoms with Crippen LogP contribution >= 0.6 is 0 Å². The van der Waals surface area contributed by atoms with Crippen LogP contribution in [0.3, 0.4) is 0 Å². The zero-order valence-corrected chi connectivity index (χ0v) is 12.1. The Labute approximate surface area is 119 Å². The number of fused-ring (bicyclic) bond motifs is 1. The van der Waals surface area contributed by atoms with Crippen molar-refractivity contribution in [2.75, 3.05) is 23.5 Å². The lowest BCUT2D eigenvalue weighted by molar-refractivity contribution is -0.144. The van der Waals surface area contributed by atoms with Gasteiger partial charge in [-0.2, -0.15) is 0 Å². The summed E-state index contributed by atoms with van der Waals surface area (Å²) in [4.78, 5) is 21.0. The minimum absolute atomic E-state index is 0.181. The molecule has 5 heteroatoms. The van der Waals surface area contributed by atoms with Crippen molar-refractivity contribution >= 4 is 17.5 Å². The highest BCUT2D eigenvalue weighted by Gasteiger charge is 2.44. The summed E-state index contributed by atoms with van der Waals surface area (Å²) in [6.07, 6.45) is 6.12. The molecule has 0 saturated heterocycles. The normalized spacial score (nSPS) is 22.2. The number of rotatable bonds is 3. The van der Waals surface area contributed by atoms with Crippen molar-refractivity contribution in [3.05, 3.63) is 18.3 Å². The van der Waals surface area contributed by atoms with Crippen LogP contribution in [0.1, 0.15) is 32.6 Å². The maximum absolute atomic E-state index is 12.4. The minimum atomic E-state index is -0.372. The topological polar surface area (TPSA) is 45.7 Å². The lowest BCUT2D eigenvalue weighted by atomic mass is 10.2. The smallest absolute Gasteiger partial charge is 0.350 e. The Hall–Kier alpha value is -1.78. The minimum Gasteiger partial charge on any atom is -0.463 e. The molecule has 2 heterocycles. The SMILES string of the molecule is CCOC(=O)C1N(C)c2cccnc2N1C1CCCC1. The summed E-state index contributed by atoms with van der Waals surface area (Å²) in [6, 6.07) is 4.32. The van der Waals surface area contributed by atoms with Crippen LogP contribution in [0.2, 0.25) is 0 Å². The summed E-state index contributed by atoms with van der Waals surface area (Å²) >= 11 is 0. The van der Waals surface area contributed by atoms with Gasteiger partial charge >= 0.3 is 5.97 Å². The molecule has 1 fully saturated rings. The molecule has 108 valence electrons. The highest BCUT2D eigenvalue weighted by atomic mass is 16.5. The molecule has 1 unspecified atom stereocenters. The Balaban J connectivity index is 1.98. The van der Waals surface area contributed by atoms with Crippen molar-refractivity contribution in [1.82, 2.24) is 4.98 Å². The third kappa shape index (κ3) is 2.01. The van der Waals surface area contributed by atoms with Crippen LogP contribution in [0.4, 0.5) is 11.5 Å². The Morgan fingerprint density at radius 2 is 2.20 bits per heavy atom. The lowest BCUT2D eigenvalue weighted by Crippen LogP contribution is -2.52. The second kappa shape index (κ2) is 5.31. The fourth-order valence-corrected chi connectivity index (χ4v) is 3.34. The zero-order valence-electron chi connectivity index (χ0n) is 12.1. The lowest BCUT2D eigenvalue weighted by Gasteiger charge is -2.32. The van der Waals surface area contributed by atoms with E-state index in [0.717, 1.165) is 24.3 Å². The van der Waals surface area contributed by atoms with Crippen LogP contribution < -0.4 is 9.80 Å². The standard InChI is InChI=1S/C15H21N3O2/c1-3-20-15(19)14-17(2)12-9-6-10-16-13(12)18(14)11-7-4-5-8-11/h6,9-11,14H,3-5,7-8H2,1-2H3. The molecule has 1 aromatic heterocycles. The van der Waals surface area contributed by atoms with Gasteiger partial charge in [0.2, 0.25) is 6.17 Å². The number of likely N-dealkylation sites (N-methyl/N-ethyl adjacent to an activating group) is 1. The third-order valence-electron chi connectivity index (χ3n) is 4.24. The number of carbonyl (C=O) groups excluding carboxylic acids is 1. The molecule has 5 nitrogen and oxygen atoms in total. The molecular weight excluding hydrogens is 254 g/mol. The van der Waals surface area contributed by atoms with Gasteiger partial charge in [0.15, 0.2) is 5.82 Å². The first kappa shape index (κ1) is 13.2. The largest absolute Gasteiger partial charge is 0.463 e. The van der Waals surface area contributed by atoms with Crippen molar-refractivity contribution < 1.29 is 9.53 Å². The highest BCUT2D eigenvalue weighted by Crippen LogP contribution is 2.41. The Bertz CT molecular complexity index is 500. The van der Waals surface area contributed by atoms with E-state index in [1.54, 1.807) is 6.20 Å². The fourth-order valence-electron chi connectivity index (χ4n) is 3.34. The molecule has 3 rings (SSSR count). The van der Waals surface area contributed by atoms with Crippen molar-refractivity contribution in [1.29, 1.82) is 0 Å². The first-order chi connectivity index (χ1) is 9.74. The molecule has 0 amide bonds. The number of aromatic nitrogens is 1. The van der Waals surface area contributed by atoms with Gasteiger partial charge in [-0.3, -0.25) is 0 Å². The summed E-state index contributed by atoms with van der Waals surface area (Å²) in [7, 11) is 1.94. The van der Waals surface area contributed by atoms with Crippen LogP contribution in [0.25, 0.3) is 0 Å². The Kier molecular flexibility index (Phi) is 3.51. The van der Waals surface area contributed by atoms with E-state index < -0.39 is 0 Å². The van der Waals surface area contributed by atoms with E-state index in [1.807, 2.05) is 31.0 Å². The summed E-state index contributed by atoms with van der Waals surface area (Å²) in [6.45, 7) is 2.25. The van der Waals surface area contributed by atoms with Crippen LogP contribution in [0.5, 0.6) is 0 Å². The fraction of sp³-hybridized carbons (Fsp3) is 0.600. The molecule has 1 aliphatic heterocycles. The van der Waals surface area contributed by atoms with Gasteiger partial charge in [-0.15, -0.1) is 0 Å². The molecule has 0 aromatic carbocycles. The van der Waals surface area contributed by atoms with Gasteiger partial charge in [-0.25, -0.2) is 9.78 Å². The van der Waals surface area contributed by atoms with E-state index in [4.69, 9.17) is 4.74 Å². The molecule has 0 spiro atoms. The number of nitrogens with zero attached hydrogens (tertiary/aromatic N) is 3. The van der Waals surface area contributed by atoms with Crippen LogP contribution in [0.15, 0.2) is 18.3 Å². The first-order valence-corrected chi connectivity index (χ1v) is 7.37. The number of hydrogen-bond acceptors (Lipinski definition) is 5. The predicted octanol–water partition coefficient (Wildman–Crippen LogP) is 2.17. The maximum atomic E-state index is 12.4. The number of pyridine rings is 1. The average Bonchev–Trinajstić information content (AvgIpc) is 3.06. The molecule has 2 aliphatic rings. The van der Waals surface area contributed by atoms with Crippen LogP contribution in [0, 0.1) is 0 Å². The number of esters is 1. The number of anilines is 2. The number of ether oxygens (including phenoxy) is 1. The zero-order chi connectivity index (χ0) is 14.1. The third-order valence-corrected chi connectivity index (χ3v) is 4.24. The van der Waals surface area contributed by atoms with Gasteiger partial charge in [-0.05, 0) is 31.9 Å². The van der Waals surface area contributed by atoms with Gasteiger partial charge < -0.3 is 14.5 Å². The average molecular weight is 275 g/mol. The van der Waals surface area contributed by atoms with E-state index in [1.165, 1.54) is 12.8 Å². The second-order valence-electron chi connectivity index (χ2n) is 5.43.